The normalized spacial score (nSPS) is 14.2. The van der Waals surface area contributed by atoms with Crippen molar-refractivity contribution < 1.29 is 14.3 Å². The number of carbonyl (C=O) groups is 1. The molecule has 2 aromatic heterocycles. The Morgan fingerprint density at radius 3 is 2.88 bits per heavy atom. The van der Waals surface area contributed by atoms with E-state index in [1.54, 1.807) is 17.9 Å². The number of aromatic nitrogens is 4. The monoisotopic (exact) mass is 361 g/mol. The smallest absolute Gasteiger partial charge is 0.258 e. The second-order valence-electron chi connectivity index (χ2n) is 5.77. The molecule has 1 fully saturated rings. The van der Waals surface area contributed by atoms with E-state index in [9.17, 15) is 4.79 Å². The minimum atomic E-state index is -0.228. The van der Waals surface area contributed by atoms with Crippen molar-refractivity contribution in [2.45, 2.75) is 0 Å². The van der Waals surface area contributed by atoms with Crippen LogP contribution in [-0.4, -0.2) is 72.2 Å². The lowest BCUT2D eigenvalue weighted by atomic mass is 10.3. The van der Waals surface area contributed by atoms with Gasteiger partial charge < -0.3 is 25.0 Å². The second-order valence-corrected chi connectivity index (χ2v) is 5.77. The number of nitrogens with zero attached hydrogens (tertiary/aromatic N) is 5. The minimum Gasteiger partial charge on any atom is -0.479 e. The summed E-state index contributed by atoms with van der Waals surface area (Å²) in [4.78, 5) is 22.9. The Bertz CT molecular complexity index is 743. The predicted octanol–water partition coefficient (Wildman–Crippen LogP) is -0.103. The highest BCUT2D eigenvalue weighted by molar-refractivity contribution is 5.96. The van der Waals surface area contributed by atoms with Crippen molar-refractivity contribution in [1.82, 2.24) is 25.1 Å². The molecule has 0 radical (unpaired) electrons. The number of ether oxygens (including phenoxy) is 2. The molecule has 0 bridgehead atoms. The lowest BCUT2D eigenvalue weighted by Crippen LogP contribution is -2.36. The first-order valence-corrected chi connectivity index (χ1v) is 8.42. The van der Waals surface area contributed by atoms with Crippen LogP contribution >= 0.6 is 0 Å². The minimum absolute atomic E-state index is 0.228. The lowest BCUT2D eigenvalue weighted by molar-refractivity contribution is 0.0952. The molecule has 1 aliphatic heterocycles. The molecule has 0 aliphatic carbocycles. The van der Waals surface area contributed by atoms with Crippen LogP contribution in [0.1, 0.15) is 10.4 Å². The van der Waals surface area contributed by atoms with E-state index in [1.165, 1.54) is 13.4 Å². The third-order valence-electron chi connectivity index (χ3n) is 3.94. The van der Waals surface area contributed by atoms with Crippen LogP contribution in [0.3, 0.4) is 0 Å². The molecule has 140 valence electrons. The summed E-state index contributed by atoms with van der Waals surface area (Å²) in [5.74, 6) is 1.67. The summed E-state index contributed by atoms with van der Waals surface area (Å²) >= 11 is 0. The van der Waals surface area contributed by atoms with E-state index in [0.717, 1.165) is 24.7 Å². The molecule has 10 nitrogen and oxygen atoms in total. The predicted molar refractivity (Wildman–Crippen MR) is 95.6 cm³/mol. The first-order chi connectivity index (χ1) is 12.7. The molecule has 1 aliphatic rings. The third-order valence-corrected chi connectivity index (χ3v) is 3.94. The zero-order chi connectivity index (χ0) is 18.4. The number of nitrogens with one attached hydrogen (secondary N) is 2. The Balaban J connectivity index is 1.48. The number of hydrogen-bond donors (Lipinski definition) is 2. The average molecular weight is 361 g/mol. The fraction of sp³-hybridized carbons (Fsp3) is 0.500. The lowest BCUT2D eigenvalue weighted by Gasteiger charge is -2.27. The maximum absolute atomic E-state index is 12.2. The third kappa shape index (κ3) is 4.39. The van der Waals surface area contributed by atoms with Crippen molar-refractivity contribution in [3.8, 4) is 5.88 Å². The SMILES string of the molecule is COc1nn(C)cc1C(=O)NCCNc1cc(N2CCOCC2)ncn1. The van der Waals surface area contributed by atoms with Crippen LogP contribution < -0.4 is 20.3 Å². The Hall–Kier alpha value is -2.88. The standard InChI is InChI=1S/C16H23N7O3/c1-22-10-12(16(21-22)25-2)15(24)18-4-3-17-13-9-14(20-11-19-13)23-5-7-26-8-6-23/h9-11H,3-8H2,1-2H3,(H,18,24)(H,17,19,20). The number of methoxy groups -OCH3 is 1. The number of morpholine rings is 1. The van der Waals surface area contributed by atoms with Gasteiger partial charge in [-0.15, -0.1) is 5.10 Å². The van der Waals surface area contributed by atoms with Crippen molar-refractivity contribution in [2.75, 3.05) is 56.7 Å². The van der Waals surface area contributed by atoms with Crippen LogP contribution in [0.25, 0.3) is 0 Å². The molecule has 0 atom stereocenters. The number of rotatable bonds is 7. The van der Waals surface area contributed by atoms with E-state index in [2.05, 4.69) is 30.6 Å². The molecule has 1 saturated heterocycles. The molecule has 2 N–H and O–H groups in total. The molecular formula is C16H23N7O3. The number of amides is 1. The Morgan fingerprint density at radius 2 is 2.12 bits per heavy atom. The summed E-state index contributed by atoms with van der Waals surface area (Å²) in [5.41, 5.74) is 0.409. The Kier molecular flexibility index (Phi) is 5.84. The van der Waals surface area contributed by atoms with Gasteiger partial charge in [0.1, 0.15) is 23.5 Å². The maximum atomic E-state index is 12.2. The quantitative estimate of drug-likeness (QED) is 0.659. The van der Waals surface area contributed by atoms with E-state index in [4.69, 9.17) is 9.47 Å². The summed E-state index contributed by atoms with van der Waals surface area (Å²) in [7, 11) is 3.23. The Labute approximate surface area is 151 Å². The molecule has 0 spiro atoms. The van der Waals surface area contributed by atoms with Gasteiger partial charge in [0.2, 0.25) is 5.88 Å². The molecular weight excluding hydrogens is 338 g/mol. The van der Waals surface area contributed by atoms with Gasteiger partial charge in [-0.25, -0.2) is 9.97 Å². The van der Waals surface area contributed by atoms with Gasteiger partial charge in [-0.2, -0.15) is 0 Å². The molecule has 26 heavy (non-hydrogen) atoms. The van der Waals surface area contributed by atoms with Crippen LogP contribution in [0.2, 0.25) is 0 Å². The van der Waals surface area contributed by atoms with Gasteiger partial charge >= 0.3 is 0 Å². The summed E-state index contributed by atoms with van der Waals surface area (Å²) in [5, 5.41) is 10.1. The molecule has 2 aromatic rings. The maximum Gasteiger partial charge on any atom is 0.258 e. The Morgan fingerprint density at radius 1 is 1.31 bits per heavy atom. The van der Waals surface area contributed by atoms with Crippen LogP contribution in [0.15, 0.2) is 18.6 Å². The van der Waals surface area contributed by atoms with Crippen molar-refractivity contribution in [3.05, 3.63) is 24.2 Å². The fourth-order valence-electron chi connectivity index (χ4n) is 2.65. The molecule has 0 aromatic carbocycles. The molecule has 3 rings (SSSR count). The van der Waals surface area contributed by atoms with Gasteiger partial charge in [0.05, 0.1) is 20.3 Å². The van der Waals surface area contributed by atoms with Crippen LogP contribution in [-0.2, 0) is 11.8 Å². The number of aryl methyl sites for hydroxylation is 1. The summed E-state index contributed by atoms with van der Waals surface area (Å²) in [6, 6.07) is 1.90. The van der Waals surface area contributed by atoms with Gasteiger partial charge in [-0.05, 0) is 0 Å². The van der Waals surface area contributed by atoms with Gasteiger partial charge in [0.15, 0.2) is 0 Å². The summed E-state index contributed by atoms with van der Waals surface area (Å²) in [6.07, 6.45) is 3.16. The number of anilines is 2. The highest BCUT2D eigenvalue weighted by Crippen LogP contribution is 2.15. The van der Waals surface area contributed by atoms with Crippen LogP contribution in [0.5, 0.6) is 5.88 Å². The first-order valence-electron chi connectivity index (χ1n) is 8.42. The molecule has 0 saturated carbocycles. The number of carbonyl (C=O) groups excluding carboxylic acids is 1. The van der Waals surface area contributed by atoms with Crippen molar-refractivity contribution >= 4 is 17.5 Å². The van der Waals surface area contributed by atoms with Crippen molar-refractivity contribution in [1.29, 1.82) is 0 Å². The van der Waals surface area contributed by atoms with E-state index in [1.807, 2.05) is 6.07 Å². The van der Waals surface area contributed by atoms with Gasteiger partial charge in [0.25, 0.3) is 5.91 Å². The highest BCUT2D eigenvalue weighted by Gasteiger charge is 2.16. The average Bonchev–Trinajstić information content (AvgIpc) is 3.07. The largest absolute Gasteiger partial charge is 0.479 e. The van der Waals surface area contributed by atoms with Gasteiger partial charge in [-0.3, -0.25) is 9.48 Å². The first kappa shape index (κ1) is 17.9. The molecule has 1 amide bonds. The van der Waals surface area contributed by atoms with E-state index >= 15 is 0 Å². The van der Waals surface area contributed by atoms with Crippen molar-refractivity contribution in [2.24, 2.45) is 7.05 Å². The summed E-state index contributed by atoms with van der Waals surface area (Å²) in [6.45, 7) is 4.02. The van der Waals surface area contributed by atoms with E-state index in [0.29, 0.717) is 37.7 Å². The van der Waals surface area contributed by atoms with Crippen molar-refractivity contribution in [3.63, 3.8) is 0 Å². The van der Waals surface area contributed by atoms with Crippen LogP contribution in [0, 0.1) is 0 Å². The second kappa shape index (κ2) is 8.48. The van der Waals surface area contributed by atoms with Gasteiger partial charge in [-0.1, -0.05) is 0 Å². The van der Waals surface area contributed by atoms with Gasteiger partial charge in [0, 0.05) is 45.5 Å². The highest BCUT2D eigenvalue weighted by atomic mass is 16.5. The summed E-state index contributed by atoms with van der Waals surface area (Å²) < 4.78 is 12.0. The zero-order valence-corrected chi connectivity index (χ0v) is 14.9. The zero-order valence-electron chi connectivity index (χ0n) is 14.9. The molecule has 0 unspecified atom stereocenters. The van der Waals surface area contributed by atoms with Crippen LogP contribution in [0.4, 0.5) is 11.6 Å². The molecule has 3 heterocycles. The van der Waals surface area contributed by atoms with E-state index in [-0.39, 0.29) is 5.91 Å². The topological polar surface area (TPSA) is 106 Å². The molecule has 10 heteroatoms. The number of hydrogen-bond acceptors (Lipinski definition) is 8. The van der Waals surface area contributed by atoms with E-state index < -0.39 is 0 Å². The fourth-order valence-corrected chi connectivity index (χ4v) is 2.65.